The molecule has 1 saturated heterocycles. The van der Waals surface area contributed by atoms with Gasteiger partial charge in [0.15, 0.2) is 0 Å². The summed E-state index contributed by atoms with van der Waals surface area (Å²) in [6, 6.07) is 10.7. The van der Waals surface area contributed by atoms with E-state index in [1.165, 1.54) is 0 Å². The van der Waals surface area contributed by atoms with Crippen molar-refractivity contribution >= 4 is 23.4 Å². The summed E-state index contributed by atoms with van der Waals surface area (Å²) in [6.45, 7) is 0.512. The Bertz CT molecular complexity index is 1250. The summed E-state index contributed by atoms with van der Waals surface area (Å²) >= 11 is 0. The highest BCUT2D eigenvalue weighted by atomic mass is 16.5. The van der Waals surface area contributed by atoms with Crippen LogP contribution in [0.15, 0.2) is 42.5 Å². The number of amides is 4. The Morgan fingerprint density at radius 2 is 1.75 bits per heavy atom. The maximum absolute atomic E-state index is 13.4. The molecule has 1 aliphatic carbocycles. The third-order valence-electron chi connectivity index (χ3n) is 7.31. The average Bonchev–Trinajstić information content (AvgIpc) is 3.40. The van der Waals surface area contributed by atoms with Crippen LogP contribution in [0.5, 0.6) is 17.2 Å². The van der Waals surface area contributed by atoms with Crippen molar-refractivity contribution in [2.24, 2.45) is 0 Å². The maximum Gasteiger partial charge on any atom is 0.325 e. The molecule has 1 atom stereocenters. The Morgan fingerprint density at radius 1 is 1.03 bits per heavy atom. The minimum atomic E-state index is -1.07. The molecule has 4 amide bonds. The third-order valence-corrected chi connectivity index (χ3v) is 7.31. The summed E-state index contributed by atoms with van der Waals surface area (Å²) in [5.74, 6) is 1.24. The summed E-state index contributed by atoms with van der Waals surface area (Å²) < 4.78 is 16.5. The van der Waals surface area contributed by atoms with Crippen LogP contribution in [-0.2, 0) is 21.5 Å². The third kappa shape index (κ3) is 3.75. The van der Waals surface area contributed by atoms with Crippen LogP contribution < -0.4 is 19.5 Å². The summed E-state index contributed by atoms with van der Waals surface area (Å²) in [4.78, 5) is 42.0. The number of nitrogens with one attached hydrogen (secondary N) is 1. The van der Waals surface area contributed by atoms with Gasteiger partial charge in [0.2, 0.25) is 5.91 Å². The van der Waals surface area contributed by atoms with E-state index in [1.54, 1.807) is 38.4 Å². The molecular weight excluding hydrogens is 462 g/mol. The average molecular weight is 492 g/mol. The molecular formula is C27H29N3O6. The van der Waals surface area contributed by atoms with Crippen LogP contribution in [0.4, 0.5) is 4.79 Å². The van der Waals surface area contributed by atoms with Gasteiger partial charge in [-0.3, -0.25) is 14.5 Å². The van der Waals surface area contributed by atoms with Gasteiger partial charge in [-0.15, -0.1) is 0 Å². The van der Waals surface area contributed by atoms with E-state index >= 15 is 0 Å². The monoisotopic (exact) mass is 491 g/mol. The van der Waals surface area contributed by atoms with Gasteiger partial charge in [-0.25, -0.2) is 4.79 Å². The Hall–Kier alpha value is -4.01. The first kappa shape index (κ1) is 23.7. The van der Waals surface area contributed by atoms with Crippen molar-refractivity contribution in [2.75, 3.05) is 41.0 Å². The molecule has 0 aromatic heterocycles. The first-order valence-electron chi connectivity index (χ1n) is 11.9. The number of hydrogen-bond donors (Lipinski definition) is 1. The highest BCUT2D eigenvalue weighted by molar-refractivity contribution is 6.10. The van der Waals surface area contributed by atoms with Gasteiger partial charge in [-0.2, -0.15) is 0 Å². The maximum atomic E-state index is 13.4. The van der Waals surface area contributed by atoms with Gasteiger partial charge in [0.25, 0.3) is 5.91 Å². The second-order valence-electron chi connectivity index (χ2n) is 9.11. The van der Waals surface area contributed by atoms with E-state index in [4.69, 9.17) is 14.2 Å². The van der Waals surface area contributed by atoms with Crippen molar-refractivity contribution in [1.29, 1.82) is 0 Å². The summed E-state index contributed by atoms with van der Waals surface area (Å²) in [5.41, 5.74) is 2.63. The number of benzene rings is 2. The first-order chi connectivity index (χ1) is 17.4. The Morgan fingerprint density at radius 3 is 2.39 bits per heavy atom. The van der Waals surface area contributed by atoms with Crippen molar-refractivity contribution in [1.82, 2.24) is 15.1 Å². The molecule has 2 aliphatic heterocycles. The number of carbonyl (C=O) groups is 3. The van der Waals surface area contributed by atoms with Gasteiger partial charge in [-0.1, -0.05) is 30.3 Å². The van der Waals surface area contributed by atoms with Gasteiger partial charge in [0, 0.05) is 25.2 Å². The largest absolute Gasteiger partial charge is 0.496 e. The lowest BCUT2D eigenvalue weighted by atomic mass is 9.92. The summed E-state index contributed by atoms with van der Waals surface area (Å²) in [7, 11) is 4.75. The smallest absolute Gasteiger partial charge is 0.325 e. The number of hydrogen-bond acceptors (Lipinski definition) is 6. The fourth-order valence-corrected chi connectivity index (χ4v) is 5.41. The molecule has 0 radical (unpaired) electrons. The van der Waals surface area contributed by atoms with Crippen LogP contribution in [-0.4, -0.2) is 68.6 Å². The molecule has 2 aromatic rings. The van der Waals surface area contributed by atoms with Crippen molar-refractivity contribution in [2.45, 2.75) is 24.8 Å². The second kappa shape index (κ2) is 9.22. The summed E-state index contributed by atoms with van der Waals surface area (Å²) in [6.07, 6.45) is 3.74. The standard InChI is InChI=1S/C27H29N3O6/c1-34-19-14-21(35-2)24(22(15-19)36-3)18-9-12-29(13-10-18)23(31)16-30-25(32)27(28-26(30)33)11-8-17-6-4-5-7-20(17)27/h4-7,9,14-15H,8,10-13,16H2,1-3H3,(H,28,33)/t27-/m0/s1. The topological polar surface area (TPSA) is 97.4 Å². The van der Waals surface area contributed by atoms with Crippen LogP contribution in [0.25, 0.3) is 5.57 Å². The van der Waals surface area contributed by atoms with Gasteiger partial charge < -0.3 is 24.4 Å². The van der Waals surface area contributed by atoms with Crippen LogP contribution in [0, 0.1) is 0 Å². The lowest BCUT2D eigenvalue weighted by Gasteiger charge is -2.29. The number of ether oxygens (including phenoxy) is 3. The van der Waals surface area contributed by atoms with E-state index in [9.17, 15) is 14.4 Å². The highest BCUT2D eigenvalue weighted by Crippen LogP contribution is 2.42. The molecule has 188 valence electrons. The predicted molar refractivity (Wildman–Crippen MR) is 132 cm³/mol. The van der Waals surface area contributed by atoms with Gasteiger partial charge in [0.05, 0.1) is 26.9 Å². The zero-order valence-electron chi connectivity index (χ0n) is 20.6. The van der Waals surface area contributed by atoms with Crippen LogP contribution >= 0.6 is 0 Å². The summed E-state index contributed by atoms with van der Waals surface area (Å²) in [5, 5.41) is 2.87. The molecule has 1 fully saturated rings. The van der Waals surface area contributed by atoms with Crippen molar-refractivity contribution in [3.8, 4) is 17.2 Å². The molecule has 9 nitrogen and oxygen atoms in total. The number of aryl methyl sites for hydroxylation is 1. The van der Waals surface area contributed by atoms with Gasteiger partial charge in [0.1, 0.15) is 29.3 Å². The molecule has 3 aliphatic rings. The lowest BCUT2D eigenvalue weighted by molar-refractivity contribution is -0.139. The quantitative estimate of drug-likeness (QED) is 0.624. The minimum absolute atomic E-state index is 0.272. The van der Waals surface area contributed by atoms with Crippen LogP contribution in [0.2, 0.25) is 0 Å². The molecule has 1 N–H and O–H groups in total. The molecule has 0 saturated carbocycles. The molecule has 9 heteroatoms. The molecule has 36 heavy (non-hydrogen) atoms. The Labute approximate surface area is 209 Å². The second-order valence-corrected chi connectivity index (χ2v) is 9.11. The number of fused-ring (bicyclic) bond motifs is 2. The molecule has 0 unspecified atom stereocenters. The highest BCUT2D eigenvalue weighted by Gasteiger charge is 2.55. The number of imide groups is 1. The number of rotatable bonds is 6. The number of methoxy groups -OCH3 is 3. The van der Waals surface area contributed by atoms with E-state index in [-0.39, 0.29) is 18.4 Å². The fourth-order valence-electron chi connectivity index (χ4n) is 5.41. The van der Waals surface area contributed by atoms with E-state index in [1.807, 2.05) is 30.3 Å². The molecule has 5 rings (SSSR count). The number of carbonyl (C=O) groups excluding carboxylic acids is 3. The molecule has 2 heterocycles. The minimum Gasteiger partial charge on any atom is -0.496 e. The van der Waals surface area contributed by atoms with E-state index < -0.39 is 11.6 Å². The lowest BCUT2D eigenvalue weighted by Crippen LogP contribution is -2.45. The van der Waals surface area contributed by atoms with E-state index in [0.29, 0.717) is 49.6 Å². The van der Waals surface area contributed by atoms with Crippen molar-refractivity contribution in [3.63, 3.8) is 0 Å². The van der Waals surface area contributed by atoms with Crippen LogP contribution in [0.3, 0.4) is 0 Å². The Balaban J connectivity index is 1.31. The van der Waals surface area contributed by atoms with Crippen molar-refractivity contribution in [3.05, 3.63) is 59.2 Å². The van der Waals surface area contributed by atoms with Gasteiger partial charge in [-0.05, 0) is 36.0 Å². The first-order valence-corrected chi connectivity index (χ1v) is 11.9. The fraction of sp³-hybridized carbons (Fsp3) is 0.370. The molecule has 2 aromatic carbocycles. The molecule has 1 spiro atoms. The zero-order chi connectivity index (χ0) is 25.4. The molecule has 0 bridgehead atoms. The normalized spacial score (nSPS) is 20.8. The van der Waals surface area contributed by atoms with E-state index in [0.717, 1.165) is 27.2 Å². The Kier molecular flexibility index (Phi) is 6.07. The zero-order valence-corrected chi connectivity index (χ0v) is 20.6. The SMILES string of the molecule is COc1cc(OC)c(C2=CCN(C(=O)CN3C(=O)N[C@]4(CCc5ccccc54)C3=O)CC2)c(OC)c1. The van der Waals surface area contributed by atoms with Gasteiger partial charge >= 0.3 is 6.03 Å². The van der Waals surface area contributed by atoms with Crippen molar-refractivity contribution < 1.29 is 28.6 Å². The van der Waals surface area contributed by atoms with E-state index in [2.05, 4.69) is 5.32 Å². The number of urea groups is 1. The predicted octanol–water partition coefficient (Wildman–Crippen LogP) is 2.72. The van der Waals surface area contributed by atoms with Crippen LogP contribution in [0.1, 0.15) is 29.5 Å². The number of nitrogens with zero attached hydrogens (tertiary/aromatic N) is 2.